The first-order chi connectivity index (χ1) is 12.0. The Hall–Kier alpha value is -1.89. The third-order valence-electron chi connectivity index (χ3n) is 5.40. The molecule has 0 bridgehead atoms. The Morgan fingerprint density at radius 1 is 1.20 bits per heavy atom. The molecule has 1 aromatic carbocycles. The number of carbonyl (C=O) groups is 1. The normalized spacial score (nSPS) is 28.5. The minimum absolute atomic E-state index is 0.0517. The summed E-state index contributed by atoms with van der Waals surface area (Å²) in [6, 6.07) is 3.98. The maximum absolute atomic E-state index is 12.6. The van der Waals surface area contributed by atoms with Gasteiger partial charge in [0.05, 0.1) is 25.7 Å². The van der Waals surface area contributed by atoms with Crippen LogP contribution in [0.3, 0.4) is 0 Å². The number of carbonyl (C=O) groups excluding carboxylic acids is 1. The highest BCUT2D eigenvalue weighted by Gasteiger charge is 2.47. The number of aliphatic hydroxyl groups excluding tert-OH is 1. The van der Waals surface area contributed by atoms with Crippen molar-refractivity contribution in [2.45, 2.75) is 51.5 Å². The van der Waals surface area contributed by atoms with E-state index in [0.717, 1.165) is 22.2 Å². The molecule has 4 rings (SSSR count). The lowest BCUT2D eigenvalue weighted by atomic mass is 10.0. The molecule has 4 atom stereocenters. The summed E-state index contributed by atoms with van der Waals surface area (Å²) < 4.78 is 11.1. The Morgan fingerprint density at radius 2 is 1.92 bits per heavy atom. The van der Waals surface area contributed by atoms with Crippen LogP contribution >= 0.6 is 0 Å². The second kappa shape index (κ2) is 6.12. The van der Waals surface area contributed by atoms with E-state index < -0.39 is 6.10 Å². The Morgan fingerprint density at radius 3 is 2.72 bits per heavy atom. The molecular formula is C19H24N2O4. The Balaban J connectivity index is 1.53. The maximum Gasteiger partial charge on any atom is 0.224 e. The SMILES string of the molecule is Cc1[nH]c2c(C)ccc(C)c2c1CC(=O)N[C@@H]1CO[C@H]2[C@@H]1OC[C@H]2O. The molecule has 1 aromatic heterocycles. The zero-order chi connectivity index (χ0) is 17.7. The molecule has 0 saturated carbocycles. The standard InChI is InChI=1S/C19H24N2O4/c1-9-4-5-10(2)17-16(9)12(11(3)20-17)6-15(23)21-13-7-24-19-14(22)8-25-18(13)19/h4-5,13-14,18-20,22H,6-8H2,1-3H3,(H,21,23)/t13-,14-,18-,19-/m1/s1. The number of aromatic nitrogens is 1. The topological polar surface area (TPSA) is 83.6 Å². The van der Waals surface area contributed by atoms with Crippen molar-refractivity contribution in [1.29, 1.82) is 0 Å². The van der Waals surface area contributed by atoms with Gasteiger partial charge in [0.1, 0.15) is 18.3 Å². The van der Waals surface area contributed by atoms with Crippen molar-refractivity contribution in [2.24, 2.45) is 0 Å². The van der Waals surface area contributed by atoms with Gasteiger partial charge in [0.25, 0.3) is 0 Å². The Bertz CT molecular complexity index is 828. The van der Waals surface area contributed by atoms with Crippen molar-refractivity contribution in [1.82, 2.24) is 10.3 Å². The molecule has 6 nitrogen and oxygen atoms in total. The molecule has 6 heteroatoms. The van der Waals surface area contributed by atoms with Crippen molar-refractivity contribution in [2.75, 3.05) is 13.2 Å². The second-order valence-corrected chi connectivity index (χ2v) is 7.19. The van der Waals surface area contributed by atoms with Gasteiger partial charge in [-0.3, -0.25) is 4.79 Å². The number of nitrogens with one attached hydrogen (secondary N) is 2. The zero-order valence-electron chi connectivity index (χ0n) is 14.8. The predicted molar refractivity (Wildman–Crippen MR) is 93.6 cm³/mol. The van der Waals surface area contributed by atoms with E-state index in [1.807, 2.05) is 6.92 Å². The molecule has 1 amide bonds. The smallest absolute Gasteiger partial charge is 0.224 e. The lowest BCUT2D eigenvalue weighted by Crippen LogP contribution is -2.44. The summed E-state index contributed by atoms with van der Waals surface area (Å²) in [4.78, 5) is 16.0. The lowest BCUT2D eigenvalue weighted by molar-refractivity contribution is -0.121. The van der Waals surface area contributed by atoms with E-state index in [-0.39, 0.29) is 30.8 Å². The van der Waals surface area contributed by atoms with Gasteiger partial charge in [-0.25, -0.2) is 0 Å². The summed E-state index contributed by atoms with van der Waals surface area (Å²) in [6.45, 7) is 6.79. The van der Waals surface area contributed by atoms with Crippen LogP contribution in [0.1, 0.15) is 22.4 Å². The maximum atomic E-state index is 12.6. The molecule has 2 aromatic rings. The average Bonchev–Trinajstić information content (AvgIpc) is 3.22. The molecule has 0 radical (unpaired) electrons. The van der Waals surface area contributed by atoms with Gasteiger partial charge in [0.15, 0.2) is 0 Å². The third kappa shape index (κ3) is 2.74. The fourth-order valence-corrected chi connectivity index (χ4v) is 4.05. The van der Waals surface area contributed by atoms with Crippen LogP contribution in [0.4, 0.5) is 0 Å². The number of fused-ring (bicyclic) bond motifs is 2. The van der Waals surface area contributed by atoms with Gasteiger partial charge < -0.3 is 24.9 Å². The van der Waals surface area contributed by atoms with Crippen molar-refractivity contribution < 1.29 is 19.4 Å². The van der Waals surface area contributed by atoms with Gasteiger partial charge >= 0.3 is 0 Å². The molecule has 2 aliphatic rings. The third-order valence-corrected chi connectivity index (χ3v) is 5.40. The fraction of sp³-hybridized carbons (Fsp3) is 0.526. The Labute approximate surface area is 146 Å². The fourth-order valence-electron chi connectivity index (χ4n) is 4.05. The van der Waals surface area contributed by atoms with Gasteiger partial charge in [-0.1, -0.05) is 12.1 Å². The minimum atomic E-state index is -0.603. The molecule has 0 spiro atoms. The van der Waals surface area contributed by atoms with Crippen LogP contribution in [0.5, 0.6) is 0 Å². The number of aryl methyl sites for hydroxylation is 3. The van der Waals surface area contributed by atoms with Gasteiger partial charge in [0.2, 0.25) is 5.91 Å². The first-order valence-electron chi connectivity index (χ1n) is 8.73. The van der Waals surface area contributed by atoms with E-state index in [4.69, 9.17) is 9.47 Å². The lowest BCUT2D eigenvalue weighted by Gasteiger charge is -2.17. The Kier molecular flexibility index (Phi) is 4.06. The molecule has 25 heavy (non-hydrogen) atoms. The molecule has 134 valence electrons. The summed E-state index contributed by atoms with van der Waals surface area (Å²) >= 11 is 0. The zero-order valence-corrected chi connectivity index (χ0v) is 14.8. The quantitative estimate of drug-likeness (QED) is 0.783. The summed E-state index contributed by atoms with van der Waals surface area (Å²) in [5.41, 5.74) is 5.51. The van der Waals surface area contributed by atoms with E-state index in [2.05, 4.69) is 36.3 Å². The number of rotatable bonds is 3. The number of aromatic amines is 1. The van der Waals surface area contributed by atoms with Crippen LogP contribution in [0.15, 0.2) is 12.1 Å². The molecule has 2 aliphatic heterocycles. The number of aliphatic hydroxyl groups is 1. The molecule has 3 N–H and O–H groups in total. The van der Waals surface area contributed by atoms with E-state index in [9.17, 15) is 9.90 Å². The highest BCUT2D eigenvalue weighted by molar-refractivity contribution is 5.93. The van der Waals surface area contributed by atoms with Crippen LogP contribution in [0.2, 0.25) is 0 Å². The second-order valence-electron chi connectivity index (χ2n) is 7.19. The van der Waals surface area contributed by atoms with E-state index in [1.165, 1.54) is 11.1 Å². The molecular weight excluding hydrogens is 320 g/mol. The van der Waals surface area contributed by atoms with E-state index in [0.29, 0.717) is 13.0 Å². The van der Waals surface area contributed by atoms with E-state index in [1.54, 1.807) is 0 Å². The number of hydrogen-bond donors (Lipinski definition) is 3. The van der Waals surface area contributed by atoms with Gasteiger partial charge in [-0.2, -0.15) is 0 Å². The first kappa shape index (κ1) is 16.6. The van der Waals surface area contributed by atoms with Crippen molar-refractivity contribution in [3.63, 3.8) is 0 Å². The predicted octanol–water partition coefficient (Wildman–Crippen LogP) is 1.28. The molecule has 2 saturated heterocycles. The number of amides is 1. The largest absolute Gasteiger partial charge is 0.388 e. The van der Waals surface area contributed by atoms with Gasteiger partial charge in [0, 0.05) is 16.6 Å². The van der Waals surface area contributed by atoms with E-state index >= 15 is 0 Å². The van der Waals surface area contributed by atoms with Crippen LogP contribution in [-0.2, 0) is 20.7 Å². The first-order valence-corrected chi connectivity index (χ1v) is 8.73. The monoisotopic (exact) mass is 344 g/mol. The van der Waals surface area contributed by atoms with Gasteiger partial charge in [-0.05, 0) is 37.5 Å². The summed E-state index contributed by atoms with van der Waals surface area (Å²) in [7, 11) is 0. The van der Waals surface area contributed by atoms with Crippen molar-refractivity contribution in [3.05, 3.63) is 34.5 Å². The summed E-state index contributed by atoms with van der Waals surface area (Å²) in [5, 5.41) is 14.0. The molecule has 0 unspecified atom stereocenters. The summed E-state index contributed by atoms with van der Waals surface area (Å²) in [6.07, 6.45) is -0.877. The number of benzene rings is 1. The van der Waals surface area contributed by atoms with Crippen molar-refractivity contribution in [3.8, 4) is 0 Å². The number of hydrogen-bond acceptors (Lipinski definition) is 4. The number of ether oxygens (including phenoxy) is 2. The molecule has 2 fully saturated rings. The van der Waals surface area contributed by atoms with Crippen LogP contribution in [0, 0.1) is 20.8 Å². The van der Waals surface area contributed by atoms with Crippen molar-refractivity contribution >= 4 is 16.8 Å². The average molecular weight is 344 g/mol. The van der Waals surface area contributed by atoms with Crippen LogP contribution < -0.4 is 5.32 Å². The molecule has 0 aliphatic carbocycles. The van der Waals surface area contributed by atoms with Crippen LogP contribution in [0.25, 0.3) is 10.9 Å². The molecule has 3 heterocycles. The minimum Gasteiger partial charge on any atom is -0.388 e. The summed E-state index contributed by atoms with van der Waals surface area (Å²) in [5.74, 6) is -0.0517. The number of H-pyrrole nitrogens is 1. The highest BCUT2D eigenvalue weighted by atomic mass is 16.6. The van der Waals surface area contributed by atoms with Crippen LogP contribution in [-0.4, -0.2) is 53.6 Å². The van der Waals surface area contributed by atoms with Gasteiger partial charge in [-0.15, -0.1) is 0 Å². The highest BCUT2D eigenvalue weighted by Crippen LogP contribution is 2.29.